The van der Waals surface area contributed by atoms with E-state index in [2.05, 4.69) is 5.32 Å². The van der Waals surface area contributed by atoms with Crippen LogP contribution in [0.1, 0.15) is 24.5 Å². The summed E-state index contributed by atoms with van der Waals surface area (Å²) in [5.41, 5.74) is 1.66. The van der Waals surface area contributed by atoms with Crippen LogP contribution in [0.15, 0.2) is 71.6 Å². The van der Waals surface area contributed by atoms with E-state index in [9.17, 15) is 18.0 Å². The first-order valence-electron chi connectivity index (χ1n) is 12.2. The zero-order valence-corrected chi connectivity index (χ0v) is 24.5. The fourth-order valence-electron chi connectivity index (χ4n) is 4.04. The standard InChI is InChI=1S/C28H31Cl2N3O5S/c1-5-25(28(35)31-3)32(17-20-8-11-22(38-4)12-9-20)27(34)18-33(26-16-21(29)10-15-24(26)30)39(36,37)23-13-6-19(2)7-14-23/h6-16,25H,5,17-18H2,1-4H3,(H,31,35). The van der Waals surface area contributed by atoms with Crippen LogP contribution in [0.2, 0.25) is 10.0 Å². The summed E-state index contributed by atoms with van der Waals surface area (Å²) in [5.74, 6) is -0.318. The Kier molecular flexibility index (Phi) is 10.2. The van der Waals surface area contributed by atoms with Crippen molar-refractivity contribution in [2.45, 2.75) is 37.8 Å². The maximum atomic E-state index is 13.9. The van der Waals surface area contributed by atoms with E-state index in [4.69, 9.17) is 27.9 Å². The SMILES string of the molecule is CCC(C(=O)NC)N(Cc1ccc(OC)cc1)C(=O)CN(c1cc(Cl)ccc1Cl)S(=O)(=O)c1ccc(C)cc1. The first-order valence-corrected chi connectivity index (χ1v) is 14.4. The molecule has 0 aliphatic heterocycles. The molecule has 0 saturated heterocycles. The third kappa shape index (κ3) is 7.23. The predicted molar refractivity (Wildman–Crippen MR) is 154 cm³/mol. The highest BCUT2D eigenvalue weighted by Crippen LogP contribution is 2.33. The molecule has 0 spiro atoms. The van der Waals surface area contributed by atoms with Gasteiger partial charge in [0.15, 0.2) is 0 Å². The first kappa shape index (κ1) is 30.3. The number of rotatable bonds is 11. The quantitative estimate of drug-likeness (QED) is 0.336. The lowest BCUT2D eigenvalue weighted by Gasteiger charge is -2.33. The van der Waals surface area contributed by atoms with Crippen molar-refractivity contribution >= 4 is 50.7 Å². The van der Waals surface area contributed by atoms with Crippen molar-refractivity contribution in [3.8, 4) is 5.75 Å². The molecule has 11 heteroatoms. The van der Waals surface area contributed by atoms with Gasteiger partial charge in [0.25, 0.3) is 10.0 Å². The van der Waals surface area contributed by atoms with Gasteiger partial charge in [-0.2, -0.15) is 0 Å². The van der Waals surface area contributed by atoms with E-state index in [1.54, 1.807) is 50.4 Å². The normalized spacial score (nSPS) is 11.9. The summed E-state index contributed by atoms with van der Waals surface area (Å²) in [6.45, 7) is 3.07. The van der Waals surface area contributed by atoms with Gasteiger partial charge in [0.1, 0.15) is 18.3 Å². The zero-order chi connectivity index (χ0) is 28.7. The fourth-order valence-corrected chi connectivity index (χ4v) is 5.90. The molecule has 0 radical (unpaired) electrons. The Morgan fingerprint density at radius 2 is 1.64 bits per heavy atom. The number of hydrogen-bond acceptors (Lipinski definition) is 5. The molecule has 39 heavy (non-hydrogen) atoms. The Morgan fingerprint density at radius 1 is 1.00 bits per heavy atom. The number of likely N-dealkylation sites (N-methyl/N-ethyl adjacent to an activating group) is 1. The number of nitrogens with one attached hydrogen (secondary N) is 1. The molecule has 0 aromatic heterocycles. The number of methoxy groups -OCH3 is 1. The summed E-state index contributed by atoms with van der Waals surface area (Å²) in [7, 11) is -1.22. The summed E-state index contributed by atoms with van der Waals surface area (Å²) < 4.78 is 33.9. The average molecular weight is 593 g/mol. The van der Waals surface area contributed by atoms with Crippen LogP contribution >= 0.6 is 23.2 Å². The van der Waals surface area contributed by atoms with Crippen LogP contribution in [0.4, 0.5) is 5.69 Å². The van der Waals surface area contributed by atoms with E-state index in [0.29, 0.717) is 12.2 Å². The first-order chi connectivity index (χ1) is 18.5. The second-order valence-electron chi connectivity index (χ2n) is 8.83. The van der Waals surface area contributed by atoms with E-state index in [-0.39, 0.29) is 33.1 Å². The second-order valence-corrected chi connectivity index (χ2v) is 11.5. The minimum absolute atomic E-state index is 0.0167. The van der Waals surface area contributed by atoms with Crippen LogP contribution in [-0.2, 0) is 26.2 Å². The number of carbonyl (C=O) groups is 2. The van der Waals surface area contributed by atoms with Crippen molar-refractivity contribution in [3.63, 3.8) is 0 Å². The fraction of sp³-hybridized carbons (Fsp3) is 0.286. The molecule has 8 nitrogen and oxygen atoms in total. The van der Waals surface area contributed by atoms with Crippen LogP contribution in [0.25, 0.3) is 0 Å². The number of aryl methyl sites for hydroxylation is 1. The molecular weight excluding hydrogens is 561 g/mol. The smallest absolute Gasteiger partial charge is 0.264 e. The molecule has 3 rings (SSSR count). The Labute approximate surface area is 239 Å². The minimum Gasteiger partial charge on any atom is -0.497 e. The van der Waals surface area contributed by atoms with Gasteiger partial charge in [-0.1, -0.05) is 60.0 Å². The van der Waals surface area contributed by atoms with E-state index in [1.807, 2.05) is 6.92 Å². The molecule has 2 amide bonds. The van der Waals surface area contributed by atoms with Crippen molar-refractivity contribution in [3.05, 3.63) is 87.9 Å². The Balaban J connectivity index is 2.09. The minimum atomic E-state index is -4.25. The lowest BCUT2D eigenvalue weighted by atomic mass is 10.1. The van der Waals surface area contributed by atoms with Crippen LogP contribution in [0, 0.1) is 6.92 Å². The van der Waals surface area contributed by atoms with Crippen molar-refractivity contribution in [1.29, 1.82) is 0 Å². The number of carbonyl (C=O) groups excluding carboxylic acids is 2. The van der Waals surface area contributed by atoms with Crippen molar-refractivity contribution < 1.29 is 22.7 Å². The van der Waals surface area contributed by atoms with E-state index in [0.717, 1.165) is 15.4 Å². The van der Waals surface area contributed by atoms with Gasteiger partial charge in [-0.15, -0.1) is 0 Å². The highest BCUT2D eigenvalue weighted by atomic mass is 35.5. The van der Waals surface area contributed by atoms with Crippen LogP contribution < -0.4 is 14.4 Å². The third-order valence-corrected chi connectivity index (χ3v) is 8.54. The van der Waals surface area contributed by atoms with Crippen molar-refractivity contribution in [2.75, 3.05) is 25.0 Å². The zero-order valence-electron chi connectivity index (χ0n) is 22.1. The number of ether oxygens (including phenoxy) is 1. The maximum Gasteiger partial charge on any atom is 0.264 e. The molecular formula is C28H31Cl2N3O5S. The maximum absolute atomic E-state index is 13.9. The number of amides is 2. The summed E-state index contributed by atoms with van der Waals surface area (Å²) in [6.07, 6.45) is 0.310. The third-order valence-electron chi connectivity index (χ3n) is 6.21. The van der Waals surface area contributed by atoms with Crippen LogP contribution in [0.3, 0.4) is 0 Å². The molecule has 0 bridgehead atoms. The highest BCUT2D eigenvalue weighted by Gasteiger charge is 2.34. The van der Waals surface area contributed by atoms with Gasteiger partial charge in [-0.25, -0.2) is 8.42 Å². The molecule has 3 aromatic carbocycles. The van der Waals surface area contributed by atoms with Gasteiger partial charge in [-0.05, 0) is 61.4 Å². The van der Waals surface area contributed by atoms with Crippen molar-refractivity contribution in [2.24, 2.45) is 0 Å². The average Bonchev–Trinajstić information content (AvgIpc) is 2.93. The molecule has 0 aliphatic rings. The summed E-state index contributed by atoms with van der Waals surface area (Å²) in [6, 6.07) is 16.9. The van der Waals surface area contributed by atoms with Gasteiger partial charge in [0.2, 0.25) is 11.8 Å². The number of sulfonamides is 1. The predicted octanol–water partition coefficient (Wildman–Crippen LogP) is 5.06. The van der Waals surface area contributed by atoms with Gasteiger partial charge in [-0.3, -0.25) is 13.9 Å². The summed E-state index contributed by atoms with van der Waals surface area (Å²) >= 11 is 12.6. The summed E-state index contributed by atoms with van der Waals surface area (Å²) in [4.78, 5) is 28.1. The van der Waals surface area contributed by atoms with E-state index >= 15 is 0 Å². The monoisotopic (exact) mass is 591 g/mol. The van der Waals surface area contributed by atoms with E-state index < -0.39 is 28.5 Å². The number of halogens is 2. The molecule has 1 N–H and O–H groups in total. The van der Waals surface area contributed by atoms with Gasteiger partial charge in [0.05, 0.1) is 22.7 Å². The number of hydrogen-bond donors (Lipinski definition) is 1. The van der Waals surface area contributed by atoms with Crippen LogP contribution in [-0.4, -0.2) is 51.9 Å². The van der Waals surface area contributed by atoms with Gasteiger partial charge >= 0.3 is 0 Å². The Morgan fingerprint density at radius 3 is 2.21 bits per heavy atom. The van der Waals surface area contributed by atoms with Gasteiger partial charge < -0.3 is 15.0 Å². The summed E-state index contributed by atoms with van der Waals surface area (Å²) in [5, 5.41) is 2.94. The molecule has 3 aromatic rings. The van der Waals surface area contributed by atoms with Crippen molar-refractivity contribution in [1.82, 2.24) is 10.2 Å². The molecule has 0 fully saturated rings. The van der Waals surface area contributed by atoms with Crippen LogP contribution in [0.5, 0.6) is 5.75 Å². The second kappa shape index (κ2) is 13.2. The van der Waals surface area contributed by atoms with E-state index in [1.165, 1.54) is 42.3 Å². The highest BCUT2D eigenvalue weighted by molar-refractivity contribution is 7.92. The number of nitrogens with zero attached hydrogens (tertiary/aromatic N) is 2. The molecule has 0 aliphatic carbocycles. The lowest BCUT2D eigenvalue weighted by molar-refractivity contribution is -0.140. The Bertz CT molecular complexity index is 1410. The topological polar surface area (TPSA) is 96.0 Å². The largest absolute Gasteiger partial charge is 0.497 e. The molecule has 1 atom stereocenters. The molecule has 208 valence electrons. The van der Waals surface area contributed by atoms with Gasteiger partial charge in [0, 0.05) is 18.6 Å². The molecule has 0 heterocycles. The lowest BCUT2D eigenvalue weighted by Crippen LogP contribution is -2.51. The molecule has 0 saturated carbocycles. The molecule has 1 unspecified atom stereocenters. The number of benzene rings is 3. The Hall–Kier alpha value is -3.27. The number of anilines is 1.